The minimum atomic E-state index is -4.43. The van der Waals surface area contributed by atoms with Gasteiger partial charge in [-0.15, -0.1) is 0 Å². The Morgan fingerprint density at radius 3 is 2.79 bits per heavy atom. The van der Waals surface area contributed by atoms with Crippen LogP contribution < -0.4 is 5.32 Å². The summed E-state index contributed by atoms with van der Waals surface area (Å²) in [5.74, 6) is -0.801. The quantitative estimate of drug-likeness (QED) is 0.916. The van der Waals surface area contributed by atoms with Gasteiger partial charge < -0.3 is 14.6 Å². The van der Waals surface area contributed by atoms with E-state index in [1.165, 1.54) is 11.7 Å². The standard InChI is InChI=1S/C12H18F3N3O/c1-3-8(7-19-2)18-10-4-5-16-6-9(10)17-11(18)12(13,14)15/h8,16H,3-7H2,1-2H3. The van der Waals surface area contributed by atoms with Crippen molar-refractivity contribution in [3.8, 4) is 0 Å². The molecular formula is C12H18F3N3O. The molecule has 0 radical (unpaired) electrons. The Morgan fingerprint density at radius 1 is 1.47 bits per heavy atom. The van der Waals surface area contributed by atoms with E-state index in [9.17, 15) is 13.2 Å². The smallest absolute Gasteiger partial charge is 0.383 e. The molecule has 0 bridgehead atoms. The molecule has 1 aromatic rings. The number of imidazole rings is 1. The van der Waals surface area contributed by atoms with Crippen molar-refractivity contribution in [3.05, 3.63) is 17.2 Å². The van der Waals surface area contributed by atoms with Gasteiger partial charge in [0, 0.05) is 32.3 Å². The van der Waals surface area contributed by atoms with Crippen LogP contribution in [0.25, 0.3) is 0 Å². The molecule has 0 spiro atoms. The highest BCUT2D eigenvalue weighted by molar-refractivity contribution is 5.22. The molecule has 1 unspecified atom stereocenters. The number of hydrogen-bond donors (Lipinski definition) is 1. The summed E-state index contributed by atoms with van der Waals surface area (Å²) < 4.78 is 45.8. The predicted octanol–water partition coefficient (Wildman–Crippen LogP) is 2.15. The van der Waals surface area contributed by atoms with Crippen molar-refractivity contribution in [1.82, 2.24) is 14.9 Å². The van der Waals surface area contributed by atoms with Crippen LogP contribution >= 0.6 is 0 Å². The third-order valence-electron chi connectivity index (χ3n) is 3.37. The van der Waals surface area contributed by atoms with E-state index in [1.807, 2.05) is 6.92 Å². The molecule has 1 aromatic heterocycles. The maximum absolute atomic E-state index is 13.1. The fraction of sp³-hybridized carbons (Fsp3) is 0.750. The Bertz CT molecular complexity index is 442. The first kappa shape index (κ1) is 14.3. The van der Waals surface area contributed by atoms with Crippen LogP contribution in [0.4, 0.5) is 13.2 Å². The van der Waals surface area contributed by atoms with Crippen LogP contribution in [0.15, 0.2) is 0 Å². The lowest BCUT2D eigenvalue weighted by molar-refractivity contribution is -0.148. The average molecular weight is 277 g/mol. The van der Waals surface area contributed by atoms with E-state index < -0.39 is 12.0 Å². The monoisotopic (exact) mass is 277 g/mol. The molecule has 2 rings (SSSR count). The normalized spacial score (nSPS) is 17.3. The van der Waals surface area contributed by atoms with E-state index in [-0.39, 0.29) is 12.6 Å². The van der Waals surface area contributed by atoms with E-state index >= 15 is 0 Å². The van der Waals surface area contributed by atoms with E-state index in [0.717, 1.165) is 0 Å². The minimum absolute atomic E-state index is 0.260. The van der Waals surface area contributed by atoms with E-state index in [0.29, 0.717) is 37.3 Å². The first-order chi connectivity index (χ1) is 8.99. The predicted molar refractivity (Wildman–Crippen MR) is 63.8 cm³/mol. The number of methoxy groups -OCH3 is 1. The van der Waals surface area contributed by atoms with Gasteiger partial charge in [0.25, 0.3) is 0 Å². The minimum Gasteiger partial charge on any atom is -0.383 e. The lowest BCUT2D eigenvalue weighted by Gasteiger charge is -2.23. The van der Waals surface area contributed by atoms with Crippen molar-refractivity contribution < 1.29 is 17.9 Å². The molecule has 0 saturated heterocycles. The number of hydrogen-bond acceptors (Lipinski definition) is 3. The summed E-state index contributed by atoms with van der Waals surface area (Å²) in [4.78, 5) is 3.79. The van der Waals surface area contributed by atoms with Crippen molar-refractivity contribution in [2.24, 2.45) is 0 Å². The third kappa shape index (κ3) is 2.76. The molecular weight excluding hydrogens is 259 g/mol. The van der Waals surface area contributed by atoms with Gasteiger partial charge in [-0.2, -0.15) is 13.2 Å². The zero-order valence-corrected chi connectivity index (χ0v) is 11.0. The number of nitrogens with zero attached hydrogens (tertiary/aromatic N) is 2. The Morgan fingerprint density at radius 2 is 2.21 bits per heavy atom. The molecule has 1 N–H and O–H groups in total. The van der Waals surface area contributed by atoms with Crippen LogP contribution in [0.2, 0.25) is 0 Å². The van der Waals surface area contributed by atoms with Crippen LogP contribution in [-0.2, 0) is 23.9 Å². The second kappa shape index (κ2) is 5.50. The first-order valence-electron chi connectivity index (χ1n) is 6.35. The van der Waals surface area contributed by atoms with E-state index in [1.54, 1.807) is 0 Å². The van der Waals surface area contributed by atoms with Gasteiger partial charge >= 0.3 is 6.18 Å². The van der Waals surface area contributed by atoms with Gasteiger partial charge in [0.05, 0.1) is 18.3 Å². The summed E-state index contributed by atoms with van der Waals surface area (Å²) in [6.07, 6.45) is -3.29. The van der Waals surface area contributed by atoms with Gasteiger partial charge in [0.2, 0.25) is 5.82 Å². The highest BCUT2D eigenvalue weighted by atomic mass is 19.4. The van der Waals surface area contributed by atoms with Crippen LogP contribution in [0, 0.1) is 0 Å². The summed E-state index contributed by atoms with van der Waals surface area (Å²) in [5.41, 5.74) is 1.20. The molecule has 2 heterocycles. The van der Waals surface area contributed by atoms with Crippen molar-refractivity contribution in [2.45, 2.75) is 38.5 Å². The molecule has 1 atom stereocenters. The number of ether oxygens (including phenoxy) is 1. The maximum atomic E-state index is 13.1. The van der Waals surface area contributed by atoms with Crippen LogP contribution in [0.1, 0.15) is 36.6 Å². The number of aromatic nitrogens is 2. The van der Waals surface area contributed by atoms with Crippen molar-refractivity contribution in [2.75, 3.05) is 20.3 Å². The summed E-state index contributed by atoms with van der Waals surface area (Å²) in [6.45, 7) is 3.20. The van der Waals surface area contributed by atoms with Crippen molar-refractivity contribution in [3.63, 3.8) is 0 Å². The summed E-state index contributed by atoms with van der Waals surface area (Å²) in [5, 5.41) is 3.05. The molecule has 1 aliphatic rings. The molecule has 0 amide bonds. The molecule has 108 valence electrons. The van der Waals surface area contributed by atoms with E-state index in [4.69, 9.17) is 4.74 Å². The summed E-state index contributed by atoms with van der Waals surface area (Å²) in [7, 11) is 1.50. The molecule has 4 nitrogen and oxygen atoms in total. The second-order valence-corrected chi connectivity index (χ2v) is 4.64. The fourth-order valence-corrected chi connectivity index (χ4v) is 2.49. The van der Waals surface area contributed by atoms with Gasteiger partial charge in [-0.1, -0.05) is 6.92 Å². The zero-order valence-electron chi connectivity index (χ0n) is 11.0. The first-order valence-corrected chi connectivity index (χ1v) is 6.35. The van der Waals surface area contributed by atoms with Crippen LogP contribution in [-0.4, -0.2) is 29.8 Å². The lowest BCUT2D eigenvalue weighted by atomic mass is 10.1. The summed E-state index contributed by atoms with van der Waals surface area (Å²) >= 11 is 0. The number of alkyl halides is 3. The van der Waals surface area contributed by atoms with Crippen LogP contribution in [0.5, 0.6) is 0 Å². The van der Waals surface area contributed by atoms with Gasteiger partial charge in [0.1, 0.15) is 0 Å². The number of fused-ring (bicyclic) bond motifs is 1. The third-order valence-corrected chi connectivity index (χ3v) is 3.37. The largest absolute Gasteiger partial charge is 0.449 e. The molecule has 0 saturated carbocycles. The number of nitrogens with one attached hydrogen (secondary N) is 1. The van der Waals surface area contributed by atoms with Gasteiger partial charge in [-0.25, -0.2) is 4.98 Å². The molecule has 7 heteroatoms. The average Bonchev–Trinajstić information content (AvgIpc) is 2.75. The molecule has 0 aromatic carbocycles. The summed E-state index contributed by atoms with van der Waals surface area (Å²) in [6, 6.07) is -0.323. The molecule has 0 fully saturated rings. The number of rotatable bonds is 4. The van der Waals surface area contributed by atoms with Crippen LogP contribution in [0.3, 0.4) is 0 Å². The Balaban J connectivity index is 2.51. The topological polar surface area (TPSA) is 39.1 Å². The maximum Gasteiger partial charge on any atom is 0.449 e. The van der Waals surface area contributed by atoms with Gasteiger partial charge in [-0.3, -0.25) is 0 Å². The second-order valence-electron chi connectivity index (χ2n) is 4.64. The Labute approximate surface area is 110 Å². The van der Waals surface area contributed by atoms with Gasteiger partial charge in [0.15, 0.2) is 0 Å². The highest BCUT2D eigenvalue weighted by Gasteiger charge is 2.40. The Hall–Kier alpha value is -1.08. The molecule has 1 aliphatic heterocycles. The van der Waals surface area contributed by atoms with E-state index in [2.05, 4.69) is 10.3 Å². The zero-order chi connectivity index (χ0) is 14.0. The van der Waals surface area contributed by atoms with Gasteiger partial charge in [-0.05, 0) is 6.42 Å². The van der Waals surface area contributed by atoms with Crippen molar-refractivity contribution >= 4 is 0 Å². The SMILES string of the molecule is CCC(COC)n1c(C(F)(F)F)nc2c1CCNC2. The lowest BCUT2D eigenvalue weighted by Crippen LogP contribution is -2.28. The highest BCUT2D eigenvalue weighted by Crippen LogP contribution is 2.34. The Kier molecular flexibility index (Phi) is 4.15. The fourth-order valence-electron chi connectivity index (χ4n) is 2.49. The molecule has 0 aliphatic carbocycles. The van der Waals surface area contributed by atoms with Crippen molar-refractivity contribution in [1.29, 1.82) is 0 Å². The number of halogens is 3. The molecule has 19 heavy (non-hydrogen) atoms.